The van der Waals surface area contributed by atoms with Gasteiger partial charge in [-0.05, 0) is 79.3 Å². The second kappa shape index (κ2) is 19.6. The van der Waals surface area contributed by atoms with E-state index in [1.165, 1.54) is 103 Å². The summed E-state index contributed by atoms with van der Waals surface area (Å²) in [5.41, 5.74) is 1.58. The summed E-state index contributed by atoms with van der Waals surface area (Å²) >= 11 is 18.5. The number of methoxy groups -OCH3 is 2. The number of nitrogens with zero attached hydrogens (tertiary/aromatic N) is 6. The van der Waals surface area contributed by atoms with Crippen LogP contribution in [0.15, 0.2) is 126 Å². The largest absolute Gasteiger partial charge is 0.479 e. The zero-order valence-electron chi connectivity index (χ0n) is 35.4. The maximum absolute atomic E-state index is 12.8. The quantitative estimate of drug-likeness (QED) is 0.0721. The molecule has 2 saturated carbocycles. The Bertz CT molecular complexity index is 3520. The molecule has 0 bridgehead atoms. The average Bonchev–Trinajstić information content (AvgIpc) is 4.24. The molecular weight excluding hydrogens is 990 g/mol. The van der Waals surface area contributed by atoms with Gasteiger partial charge in [-0.15, -0.1) is 0 Å². The van der Waals surface area contributed by atoms with Crippen LogP contribution in [0.3, 0.4) is 0 Å². The van der Waals surface area contributed by atoms with Gasteiger partial charge >= 0.3 is 7.12 Å². The summed E-state index contributed by atoms with van der Waals surface area (Å²) in [5.74, 6) is 0.992. The standard InChI is InChI=1S/C21H17ClN4O5S.C18H12Cl2N4O5S.C3H7BO2/c1-30-21-17(11-15(22)20(23-21)12-2-3-12)26-16-6-5-14(10-13(16)4-7-19(26)27)32(28,29)25-18-8-9-31-24-18;1-28-18-14(9-12(19)17(20)21-18)24-13-4-3-11(8-10(13)2-5-16(24)25)30(26,27)23-15-6-7-29-22-15;5-4(6)3-1-2-3/h4-12H,2-3H2,1H3,(H,24,25);2-9H,1H3,(H,22,23);3,5-6H,1-2H2. The number of benzene rings is 2. The smallest absolute Gasteiger partial charge is 0.454 e. The van der Waals surface area contributed by atoms with E-state index in [9.17, 15) is 26.4 Å². The van der Waals surface area contributed by atoms with Gasteiger partial charge in [0.1, 0.15) is 23.9 Å². The molecule has 0 radical (unpaired) electrons. The fraction of sp³-hybridized carbons (Fsp3) is 0.190. The van der Waals surface area contributed by atoms with Gasteiger partial charge in [-0.2, -0.15) is 4.98 Å². The molecule has 68 heavy (non-hydrogen) atoms. The summed E-state index contributed by atoms with van der Waals surface area (Å²) in [6.45, 7) is 0. The van der Waals surface area contributed by atoms with Gasteiger partial charge in [0, 0.05) is 41.0 Å². The maximum Gasteiger partial charge on any atom is 0.454 e. The van der Waals surface area contributed by atoms with Gasteiger partial charge in [0.25, 0.3) is 31.2 Å². The molecule has 0 spiro atoms. The highest BCUT2D eigenvalue weighted by atomic mass is 35.5. The van der Waals surface area contributed by atoms with Crippen molar-refractivity contribution in [3.63, 3.8) is 0 Å². The number of anilines is 2. The van der Waals surface area contributed by atoms with Gasteiger partial charge in [-0.25, -0.2) is 21.8 Å². The first-order chi connectivity index (χ1) is 32.5. The minimum absolute atomic E-state index is 0.00500. The van der Waals surface area contributed by atoms with Crippen molar-refractivity contribution in [2.75, 3.05) is 23.7 Å². The molecule has 6 heterocycles. The number of rotatable bonds is 12. The fourth-order valence-corrected chi connectivity index (χ4v) is 9.41. The summed E-state index contributed by atoms with van der Waals surface area (Å²) < 4.78 is 78.0. The van der Waals surface area contributed by atoms with E-state index >= 15 is 0 Å². The predicted octanol–water partition coefficient (Wildman–Crippen LogP) is 6.83. The third-order valence-electron chi connectivity index (χ3n) is 10.4. The van der Waals surface area contributed by atoms with E-state index in [0.29, 0.717) is 38.4 Å². The zero-order valence-corrected chi connectivity index (χ0v) is 39.3. The van der Waals surface area contributed by atoms with Crippen molar-refractivity contribution < 1.29 is 45.4 Å². The Kier molecular flexibility index (Phi) is 13.9. The first-order valence-corrected chi connectivity index (χ1v) is 24.3. The molecule has 0 atom stereocenters. The zero-order chi connectivity index (χ0) is 48.5. The number of pyridine rings is 4. The normalized spacial score (nSPS) is 13.5. The highest BCUT2D eigenvalue weighted by Gasteiger charge is 2.33. The Morgan fingerprint density at radius 2 is 1.12 bits per heavy atom. The molecule has 0 saturated heterocycles. The molecule has 2 aliphatic rings. The predicted molar refractivity (Wildman–Crippen MR) is 253 cm³/mol. The van der Waals surface area contributed by atoms with Crippen molar-refractivity contribution in [3.05, 3.63) is 139 Å². The van der Waals surface area contributed by atoms with Gasteiger partial charge in [0.15, 0.2) is 16.8 Å². The highest BCUT2D eigenvalue weighted by molar-refractivity contribution is 7.93. The van der Waals surface area contributed by atoms with Crippen LogP contribution in [0.2, 0.25) is 21.0 Å². The Balaban J connectivity index is 0.000000164. The lowest BCUT2D eigenvalue weighted by molar-refractivity contribution is 0.394. The van der Waals surface area contributed by atoms with Gasteiger partial charge in [-0.3, -0.25) is 28.2 Å². The molecule has 2 aromatic carbocycles. The average molecular weight is 1030 g/mol. The summed E-state index contributed by atoms with van der Waals surface area (Å²) in [6, 6.07) is 20.3. The van der Waals surface area contributed by atoms with Gasteiger partial charge in [0.05, 0.1) is 50.8 Å². The molecule has 0 amide bonds. The Hall–Kier alpha value is -6.47. The molecule has 352 valence electrons. The molecule has 8 aromatic rings. The van der Waals surface area contributed by atoms with E-state index in [4.69, 9.17) is 54.3 Å². The molecular formula is C42H36BCl3N8O12S2. The van der Waals surface area contributed by atoms with Crippen molar-refractivity contribution in [1.29, 1.82) is 0 Å². The van der Waals surface area contributed by atoms with Crippen LogP contribution in [0, 0.1) is 0 Å². The molecule has 0 aliphatic heterocycles. The van der Waals surface area contributed by atoms with Crippen LogP contribution >= 0.6 is 34.8 Å². The molecule has 20 nitrogen and oxygen atoms in total. The molecule has 2 fully saturated rings. The molecule has 26 heteroatoms. The third kappa shape index (κ3) is 10.5. The first kappa shape index (κ1) is 48.0. The Morgan fingerprint density at radius 1 is 0.647 bits per heavy atom. The van der Waals surface area contributed by atoms with Crippen molar-refractivity contribution in [1.82, 2.24) is 29.4 Å². The van der Waals surface area contributed by atoms with Crippen molar-refractivity contribution in [3.8, 4) is 23.1 Å². The van der Waals surface area contributed by atoms with E-state index in [1.807, 2.05) is 0 Å². The topological polar surface area (TPSA) is 273 Å². The molecule has 0 unspecified atom stereocenters. The minimum Gasteiger partial charge on any atom is -0.479 e. The van der Waals surface area contributed by atoms with Crippen molar-refractivity contribution in [2.24, 2.45) is 0 Å². The van der Waals surface area contributed by atoms with E-state index in [-0.39, 0.29) is 60.4 Å². The Morgan fingerprint density at radius 3 is 1.51 bits per heavy atom. The molecule has 4 N–H and O–H groups in total. The van der Waals surface area contributed by atoms with Crippen LogP contribution in [-0.4, -0.2) is 77.6 Å². The number of halogens is 3. The Labute approximate surface area is 401 Å². The number of sulfonamides is 2. The first-order valence-electron chi connectivity index (χ1n) is 20.2. The maximum atomic E-state index is 12.8. The highest BCUT2D eigenvalue weighted by Crippen LogP contribution is 2.44. The van der Waals surface area contributed by atoms with Crippen molar-refractivity contribution in [2.45, 2.75) is 47.2 Å². The van der Waals surface area contributed by atoms with Crippen molar-refractivity contribution >= 4 is 95.4 Å². The van der Waals surface area contributed by atoms with Crippen LogP contribution in [0.5, 0.6) is 11.8 Å². The van der Waals surface area contributed by atoms with E-state index in [0.717, 1.165) is 31.4 Å². The lowest BCUT2D eigenvalue weighted by Crippen LogP contribution is -2.19. The van der Waals surface area contributed by atoms with E-state index < -0.39 is 32.7 Å². The number of ether oxygens (including phenoxy) is 2. The minimum atomic E-state index is -3.92. The monoisotopic (exact) mass is 1020 g/mol. The summed E-state index contributed by atoms with van der Waals surface area (Å²) in [5, 5.41) is 25.2. The number of fused-ring (bicyclic) bond motifs is 2. The van der Waals surface area contributed by atoms with E-state index in [1.54, 1.807) is 18.2 Å². The number of aromatic nitrogens is 6. The second-order valence-electron chi connectivity index (χ2n) is 15.1. The third-order valence-corrected chi connectivity index (χ3v) is 14.1. The number of nitrogens with one attached hydrogen (secondary N) is 2. The summed E-state index contributed by atoms with van der Waals surface area (Å²) in [7, 11) is -6.01. The summed E-state index contributed by atoms with van der Waals surface area (Å²) in [4.78, 5) is 34.0. The van der Waals surface area contributed by atoms with Gasteiger partial charge in [0.2, 0.25) is 11.8 Å². The van der Waals surface area contributed by atoms with Gasteiger partial charge < -0.3 is 28.6 Å². The summed E-state index contributed by atoms with van der Waals surface area (Å²) in [6.07, 6.45) is 6.54. The van der Waals surface area contributed by atoms with Crippen LogP contribution in [0.1, 0.15) is 37.3 Å². The molecule has 10 rings (SSSR count). The SMILES string of the molecule is COc1nc(C2CC2)c(Cl)cc1-n1c(=O)ccc2cc(S(=O)(=O)Nc3ccon3)ccc21.COc1nc(Cl)c(Cl)cc1-n1c(=O)ccc2cc(S(=O)(=O)Nc3ccon3)ccc21.OB(O)C1CC1. The van der Waals surface area contributed by atoms with Crippen LogP contribution in [0.25, 0.3) is 33.2 Å². The van der Waals surface area contributed by atoms with Gasteiger partial charge in [-0.1, -0.05) is 58.0 Å². The second-order valence-corrected chi connectivity index (χ2v) is 19.7. The van der Waals surface area contributed by atoms with Crippen LogP contribution < -0.4 is 30.0 Å². The lowest BCUT2D eigenvalue weighted by Gasteiger charge is -2.16. The fourth-order valence-electron chi connectivity index (χ4n) is 6.78. The van der Waals surface area contributed by atoms with Crippen LogP contribution in [0.4, 0.5) is 11.6 Å². The van der Waals surface area contributed by atoms with Crippen LogP contribution in [-0.2, 0) is 20.0 Å². The molecule has 2 aliphatic carbocycles. The number of hydrogen-bond acceptors (Lipinski definition) is 16. The number of hydrogen-bond donors (Lipinski definition) is 4. The lowest BCUT2D eigenvalue weighted by atomic mass is 9.84. The molecule has 6 aromatic heterocycles. The van der Waals surface area contributed by atoms with E-state index in [2.05, 4.69) is 38.8 Å².